The molecular formula is C25H23BrO3S. The standard InChI is InChI=1S/C25H23BrO3S/c1-17-7-3-5-9-20(17)22(21-10-6-4-8-18(21)2)13-14-30-19-11-12-24(23(26)15-19)29-16-25(27)28/h3-13,15H,14,16H2,1-2H3,(H,27,28). The lowest BCUT2D eigenvalue weighted by Crippen LogP contribution is -2.09. The van der Waals surface area contributed by atoms with Crippen LogP contribution in [0.4, 0.5) is 0 Å². The summed E-state index contributed by atoms with van der Waals surface area (Å²) in [6, 6.07) is 22.6. The Morgan fingerprint density at radius 3 is 2.13 bits per heavy atom. The summed E-state index contributed by atoms with van der Waals surface area (Å²) in [6.07, 6.45) is 2.28. The molecule has 0 atom stereocenters. The molecule has 3 aromatic carbocycles. The van der Waals surface area contributed by atoms with Crippen LogP contribution < -0.4 is 4.74 Å². The number of carboxylic acid groups (broad SMARTS) is 1. The van der Waals surface area contributed by atoms with Gasteiger partial charge in [0, 0.05) is 10.6 Å². The maximum atomic E-state index is 10.7. The van der Waals surface area contributed by atoms with Crippen molar-refractivity contribution in [3.63, 3.8) is 0 Å². The van der Waals surface area contributed by atoms with Crippen molar-refractivity contribution < 1.29 is 14.6 Å². The monoisotopic (exact) mass is 482 g/mol. The second-order valence-electron chi connectivity index (χ2n) is 6.83. The highest BCUT2D eigenvalue weighted by Gasteiger charge is 2.10. The summed E-state index contributed by atoms with van der Waals surface area (Å²) >= 11 is 5.18. The van der Waals surface area contributed by atoms with Crippen molar-refractivity contribution in [3.8, 4) is 5.75 Å². The van der Waals surface area contributed by atoms with E-state index in [9.17, 15) is 4.79 Å². The van der Waals surface area contributed by atoms with E-state index in [0.717, 1.165) is 15.1 Å². The second kappa shape index (κ2) is 10.5. The molecule has 30 heavy (non-hydrogen) atoms. The van der Waals surface area contributed by atoms with E-state index in [1.54, 1.807) is 17.8 Å². The highest BCUT2D eigenvalue weighted by molar-refractivity contribution is 9.10. The Bertz CT molecular complexity index is 1030. The molecule has 0 amide bonds. The molecule has 1 N–H and O–H groups in total. The number of carbonyl (C=O) groups is 1. The van der Waals surface area contributed by atoms with Crippen LogP contribution in [0.1, 0.15) is 22.3 Å². The third-order valence-electron chi connectivity index (χ3n) is 4.66. The summed E-state index contributed by atoms with van der Waals surface area (Å²) < 4.78 is 6.02. The molecule has 0 aromatic heterocycles. The van der Waals surface area contributed by atoms with Crippen LogP contribution in [-0.2, 0) is 4.79 Å². The van der Waals surface area contributed by atoms with E-state index in [4.69, 9.17) is 9.84 Å². The van der Waals surface area contributed by atoms with Crippen LogP contribution >= 0.6 is 27.7 Å². The number of hydrogen-bond acceptors (Lipinski definition) is 3. The predicted octanol–water partition coefficient (Wildman–Crippen LogP) is 6.75. The van der Waals surface area contributed by atoms with Gasteiger partial charge in [-0.05, 0) is 75.8 Å². The Balaban J connectivity index is 1.82. The number of aliphatic carboxylic acids is 1. The fraction of sp³-hybridized carbons (Fsp3) is 0.160. The molecule has 0 fully saturated rings. The third-order valence-corrected chi connectivity index (χ3v) is 6.20. The zero-order chi connectivity index (χ0) is 21.5. The number of aryl methyl sites for hydroxylation is 2. The van der Waals surface area contributed by atoms with Gasteiger partial charge in [0.05, 0.1) is 4.47 Å². The maximum absolute atomic E-state index is 10.7. The van der Waals surface area contributed by atoms with Crippen LogP contribution in [0.3, 0.4) is 0 Å². The number of thioether (sulfide) groups is 1. The summed E-state index contributed by atoms with van der Waals surface area (Å²) in [5, 5.41) is 8.76. The topological polar surface area (TPSA) is 46.5 Å². The molecule has 0 unspecified atom stereocenters. The van der Waals surface area contributed by atoms with E-state index in [0.29, 0.717) is 5.75 Å². The zero-order valence-electron chi connectivity index (χ0n) is 16.9. The van der Waals surface area contributed by atoms with Gasteiger partial charge in [-0.3, -0.25) is 0 Å². The Hall–Kier alpha value is -2.50. The maximum Gasteiger partial charge on any atom is 0.341 e. The molecule has 0 spiro atoms. The molecule has 0 aliphatic carbocycles. The second-order valence-corrected chi connectivity index (χ2v) is 8.78. The Morgan fingerprint density at radius 2 is 1.60 bits per heavy atom. The summed E-state index contributed by atoms with van der Waals surface area (Å²) in [6.45, 7) is 3.92. The van der Waals surface area contributed by atoms with Crippen molar-refractivity contribution in [2.75, 3.05) is 12.4 Å². The van der Waals surface area contributed by atoms with Crippen LogP contribution in [0, 0.1) is 13.8 Å². The number of rotatable bonds is 8. The third kappa shape index (κ3) is 5.77. The molecule has 3 aromatic rings. The molecular weight excluding hydrogens is 460 g/mol. The average Bonchev–Trinajstić information content (AvgIpc) is 2.72. The minimum Gasteiger partial charge on any atom is -0.481 e. The average molecular weight is 483 g/mol. The molecule has 0 heterocycles. The molecule has 0 aliphatic heterocycles. The summed E-state index contributed by atoms with van der Waals surface area (Å²) in [5.74, 6) is 0.336. The lowest BCUT2D eigenvalue weighted by atomic mass is 9.92. The molecule has 154 valence electrons. The van der Waals surface area contributed by atoms with E-state index >= 15 is 0 Å². The molecule has 0 aliphatic rings. The molecule has 0 saturated heterocycles. The smallest absolute Gasteiger partial charge is 0.341 e. The van der Waals surface area contributed by atoms with Gasteiger partial charge < -0.3 is 9.84 Å². The Kier molecular flexibility index (Phi) is 7.77. The van der Waals surface area contributed by atoms with E-state index in [-0.39, 0.29) is 6.61 Å². The molecule has 0 saturated carbocycles. The van der Waals surface area contributed by atoms with Gasteiger partial charge in [-0.15, -0.1) is 11.8 Å². The lowest BCUT2D eigenvalue weighted by molar-refractivity contribution is -0.139. The fourth-order valence-corrected chi connectivity index (χ4v) is 4.62. The van der Waals surface area contributed by atoms with Crippen molar-refractivity contribution in [2.45, 2.75) is 18.7 Å². The largest absolute Gasteiger partial charge is 0.481 e. The molecule has 0 radical (unpaired) electrons. The highest BCUT2D eigenvalue weighted by atomic mass is 79.9. The van der Waals surface area contributed by atoms with Gasteiger partial charge in [-0.2, -0.15) is 0 Å². The minimum atomic E-state index is -0.995. The van der Waals surface area contributed by atoms with Crippen LogP contribution in [0.5, 0.6) is 5.75 Å². The van der Waals surface area contributed by atoms with Crippen LogP contribution in [0.15, 0.2) is 82.2 Å². The Labute approximate surface area is 189 Å². The number of hydrogen-bond donors (Lipinski definition) is 1. The number of benzene rings is 3. The predicted molar refractivity (Wildman–Crippen MR) is 127 cm³/mol. The van der Waals surface area contributed by atoms with E-state index in [1.165, 1.54) is 27.8 Å². The molecule has 0 bridgehead atoms. The van der Waals surface area contributed by atoms with E-state index in [2.05, 4.69) is 84.4 Å². The first kappa shape index (κ1) is 22.2. The molecule has 5 heteroatoms. The fourth-order valence-electron chi connectivity index (χ4n) is 3.16. The van der Waals surface area contributed by atoms with Crippen molar-refractivity contribution in [3.05, 3.63) is 99.5 Å². The quantitative estimate of drug-likeness (QED) is 0.360. The number of ether oxygens (including phenoxy) is 1. The van der Waals surface area contributed by atoms with Crippen LogP contribution in [0.2, 0.25) is 0 Å². The zero-order valence-corrected chi connectivity index (χ0v) is 19.3. The highest BCUT2D eigenvalue weighted by Crippen LogP contribution is 2.32. The van der Waals surface area contributed by atoms with Gasteiger partial charge >= 0.3 is 5.97 Å². The van der Waals surface area contributed by atoms with Crippen LogP contribution in [0.25, 0.3) is 5.57 Å². The van der Waals surface area contributed by atoms with Gasteiger partial charge in [0.15, 0.2) is 6.61 Å². The Morgan fingerprint density at radius 1 is 1.00 bits per heavy atom. The number of carboxylic acids is 1. The van der Waals surface area contributed by atoms with Gasteiger partial charge in [0.2, 0.25) is 0 Å². The summed E-state index contributed by atoms with van der Waals surface area (Å²) in [7, 11) is 0. The SMILES string of the molecule is Cc1ccccc1C(=CCSc1ccc(OCC(=O)O)c(Br)c1)c1ccccc1C. The minimum absolute atomic E-state index is 0.357. The van der Waals surface area contributed by atoms with E-state index in [1.807, 2.05) is 12.1 Å². The first-order valence-electron chi connectivity index (χ1n) is 9.55. The number of halogens is 1. The lowest BCUT2D eigenvalue weighted by Gasteiger charge is -2.14. The van der Waals surface area contributed by atoms with Gasteiger partial charge in [0.1, 0.15) is 5.75 Å². The van der Waals surface area contributed by atoms with Crippen molar-refractivity contribution in [1.29, 1.82) is 0 Å². The van der Waals surface area contributed by atoms with E-state index < -0.39 is 5.97 Å². The first-order valence-corrected chi connectivity index (χ1v) is 11.3. The van der Waals surface area contributed by atoms with Crippen molar-refractivity contribution in [2.24, 2.45) is 0 Å². The molecule has 3 nitrogen and oxygen atoms in total. The van der Waals surface area contributed by atoms with Gasteiger partial charge in [-0.1, -0.05) is 54.6 Å². The van der Waals surface area contributed by atoms with Gasteiger partial charge in [-0.25, -0.2) is 4.79 Å². The van der Waals surface area contributed by atoms with Crippen molar-refractivity contribution in [1.82, 2.24) is 0 Å². The normalized spacial score (nSPS) is 10.5. The van der Waals surface area contributed by atoms with Gasteiger partial charge in [0.25, 0.3) is 0 Å². The first-order chi connectivity index (χ1) is 14.5. The summed E-state index contributed by atoms with van der Waals surface area (Å²) in [4.78, 5) is 11.8. The summed E-state index contributed by atoms with van der Waals surface area (Å²) in [5.41, 5.74) is 6.22. The van der Waals surface area contributed by atoms with Crippen molar-refractivity contribution >= 4 is 39.2 Å². The van der Waals surface area contributed by atoms with Crippen LogP contribution in [-0.4, -0.2) is 23.4 Å². The molecule has 3 rings (SSSR count).